The fraction of sp³-hybridized carbons (Fsp3) is 0.167. The summed E-state index contributed by atoms with van der Waals surface area (Å²) in [6.07, 6.45) is 1.02. The summed E-state index contributed by atoms with van der Waals surface area (Å²) >= 11 is 0. The Kier molecular flexibility index (Phi) is 4.17. The average molecular weight is 328 g/mol. The summed E-state index contributed by atoms with van der Waals surface area (Å²) in [6.45, 7) is -0.519. The van der Waals surface area contributed by atoms with Crippen LogP contribution in [0.2, 0.25) is 0 Å². The minimum absolute atomic E-state index is 0.0857. The van der Waals surface area contributed by atoms with Crippen LogP contribution >= 0.6 is 0 Å². The van der Waals surface area contributed by atoms with Crippen molar-refractivity contribution in [2.75, 3.05) is 18.5 Å². The van der Waals surface area contributed by atoms with E-state index in [-0.39, 0.29) is 24.5 Å². The lowest BCUT2D eigenvalue weighted by atomic mass is 10.3. The van der Waals surface area contributed by atoms with Crippen LogP contribution in [0.1, 0.15) is 0 Å². The van der Waals surface area contributed by atoms with E-state index in [0.717, 1.165) is 23.1 Å². The van der Waals surface area contributed by atoms with Gasteiger partial charge in [0.05, 0.1) is 13.2 Å². The maximum Gasteiger partial charge on any atom is 0.298 e. The second kappa shape index (κ2) is 5.75. The number of β-amino-alcohol motifs (C(OH)–C–C–N with tert-alkyl or cyclic N) is 1. The number of hydrogen-bond acceptors (Lipinski definition) is 7. The lowest BCUT2D eigenvalue weighted by molar-refractivity contribution is -0.137. The number of hydrogen-bond donors (Lipinski definition) is 4. The Morgan fingerprint density at radius 1 is 1.23 bits per heavy atom. The van der Waals surface area contributed by atoms with Crippen LogP contribution in [0.25, 0.3) is 0 Å². The van der Waals surface area contributed by atoms with E-state index in [2.05, 4.69) is 5.32 Å². The van der Waals surface area contributed by atoms with Gasteiger partial charge in [-0.15, -0.1) is 0 Å². The summed E-state index contributed by atoms with van der Waals surface area (Å²) < 4.78 is 30.8. The summed E-state index contributed by atoms with van der Waals surface area (Å²) in [6, 6.07) is 3.13. The number of phenolic OH excluding ortho intramolecular Hbond substituents is 1. The molecule has 0 aromatic heterocycles. The Hall–Kier alpha value is -2.43. The highest BCUT2D eigenvalue weighted by Gasteiger charge is 2.30. The normalized spacial score (nSPS) is 15.2. The standard InChI is InChI=1S/C12H12N2O7S/c15-4-3-14-11(17)6-8(12(14)18)13-7-1-2-10(9(16)5-7)22(19,20)21/h1-2,5-6,13,15-16H,3-4H2,(H,19,20,21). The minimum Gasteiger partial charge on any atom is -0.506 e. The quantitative estimate of drug-likeness (QED) is 0.410. The van der Waals surface area contributed by atoms with Gasteiger partial charge >= 0.3 is 0 Å². The van der Waals surface area contributed by atoms with Crippen molar-refractivity contribution in [3.05, 3.63) is 30.0 Å². The molecule has 22 heavy (non-hydrogen) atoms. The molecule has 4 N–H and O–H groups in total. The number of imide groups is 1. The van der Waals surface area contributed by atoms with Crippen LogP contribution in [-0.2, 0) is 19.7 Å². The number of anilines is 1. The van der Waals surface area contributed by atoms with Gasteiger partial charge in [-0.05, 0) is 12.1 Å². The molecule has 1 aliphatic rings. The third-order valence-electron chi connectivity index (χ3n) is 2.85. The van der Waals surface area contributed by atoms with Gasteiger partial charge in [0.2, 0.25) is 0 Å². The largest absolute Gasteiger partial charge is 0.506 e. The van der Waals surface area contributed by atoms with Gasteiger partial charge in [0.25, 0.3) is 21.9 Å². The second-order valence-electron chi connectivity index (χ2n) is 4.36. The van der Waals surface area contributed by atoms with Crippen LogP contribution in [0, 0.1) is 0 Å². The van der Waals surface area contributed by atoms with Crippen molar-refractivity contribution in [3.63, 3.8) is 0 Å². The Labute approximate surface area is 125 Å². The van der Waals surface area contributed by atoms with Crippen LogP contribution in [0.3, 0.4) is 0 Å². The monoisotopic (exact) mass is 328 g/mol. The highest BCUT2D eigenvalue weighted by Crippen LogP contribution is 2.27. The first kappa shape index (κ1) is 15.9. The van der Waals surface area contributed by atoms with Gasteiger partial charge in [-0.2, -0.15) is 8.42 Å². The van der Waals surface area contributed by atoms with Crippen molar-refractivity contribution >= 4 is 27.6 Å². The van der Waals surface area contributed by atoms with Crippen LogP contribution in [-0.4, -0.2) is 53.0 Å². The summed E-state index contributed by atoms with van der Waals surface area (Å²) in [5.41, 5.74) is 0.0561. The van der Waals surface area contributed by atoms with Crippen molar-refractivity contribution in [3.8, 4) is 5.75 Å². The van der Waals surface area contributed by atoms with Gasteiger partial charge < -0.3 is 15.5 Å². The zero-order valence-electron chi connectivity index (χ0n) is 11.1. The summed E-state index contributed by atoms with van der Waals surface area (Å²) in [5, 5.41) is 20.9. The number of carbonyl (C=O) groups excluding carboxylic acids is 2. The van der Waals surface area contributed by atoms with Gasteiger partial charge in [0, 0.05) is 17.8 Å². The first-order valence-corrected chi connectivity index (χ1v) is 7.44. The van der Waals surface area contributed by atoms with E-state index < -0.39 is 32.6 Å². The number of benzene rings is 1. The Morgan fingerprint density at radius 3 is 2.45 bits per heavy atom. The van der Waals surface area contributed by atoms with Gasteiger partial charge in [-0.1, -0.05) is 0 Å². The smallest absolute Gasteiger partial charge is 0.298 e. The molecule has 0 aliphatic carbocycles. The summed E-state index contributed by atoms with van der Waals surface area (Å²) in [4.78, 5) is 23.6. The first-order chi connectivity index (χ1) is 10.2. The molecule has 1 aliphatic heterocycles. The van der Waals surface area contributed by atoms with E-state index in [1.165, 1.54) is 6.07 Å². The number of phenols is 1. The highest BCUT2D eigenvalue weighted by molar-refractivity contribution is 7.86. The molecule has 1 aromatic carbocycles. The second-order valence-corrected chi connectivity index (χ2v) is 5.75. The number of nitrogens with one attached hydrogen (secondary N) is 1. The maximum absolute atomic E-state index is 11.9. The predicted octanol–water partition coefficient (Wildman–Crippen LogP) is -0.704. The molecule has 10 heteroatoms. The molecule has 1 aromatic rings. The van der Waals surface area contributed by atoms with Gasteiger partial charge in [0.15, 0.2) is 0 Å². The topological polar surface area (TPSA) is 144 Å². The molecule has 0 unspecified atom stereocenters. The minimum atomic E-state index is -4.56. The van der Waals surface area contributed by atoms with E-state index in [1.54, 1.807) is 0 Å². The SMILES string of the molecule is O=C1C=C(Nc2ccc(S(=O)(=O)O)c(O)c2)C(=O)N1CCO. The van der Waals surface area contributed by atoms with Crippen molar-refractivity contribution in [1.29, 1.82) is 0 Å². The summed E-state index contributed by atoms with van der Waals surface area (Å²) in [7, 11) is -4.56. The molecule has 2 rings (SSSR count). The molecule has 118 valence electrons. The lowest BCUT2D eigenvalue weighted by Gasteiger charge is -2.13. The number of aromatic hydroxyl groups is 1. The number of aliphatic hydroxyl groups is 1. The molecule has 1 heterocycles. The molecular formula is C12H12N2O7S. The lowest BCUT2D eigenvalue weighted by Crippen LogP contribution is -2.34. The molecule has 0 atom stereocenters. The number of nitrogens with zero attached hydrogens (tertiary/aromatic N) is 1. The fourth-order valence-electron chi connectivity index (χ4n) is 1.88. The summed E-state index contributed by atoms with van der Waals surface area (Å²) in [5.74, 6) is -1.96. The van der Waals surface area contributed by atoms with Crippen LogP contribution in [0.5, 0.6) is 5.75 Å². The molecule has 0 spiro atoms. The predicted molar refractivity (Wildman–Crippen MR) is 73.4 cm³/mol. The first-order valence-electron chi connectivity index (χ1n) is 6.00. The van der Waals surface area contributed by atoms with E-state index in [4.69, 9.17) is 9.66 Å². The highest BCUT2D eigenvalue weighted by atomic mass is 32.2. The third-order valence-corrected chi connectivity index (χ3v) is 3.75. The van der Waals surface area contributed by atoms with Crippen molar-refractivity contribution in [2.24, 2.45) is 0 Å². The van der Waals surface area contributed by atoms with E-state index in [9.17, 15) is 23.1 Å². The van der Waals surface area contributed by atoms with E-state index in [0.29, 0.717) is 0 Å². The van der Waals surface area contributed by atoms with Gasteiger partial charge in [0.1, 0.15) is 16.3 Å². The van der Waals surface area contributed by atoms with Crippen molar-refractivity contribution in [2.45, 2.75) is 4.90 Å². The Bertz CT molecular complexity index is 770. The molecular weight excluding hydrogens is 316 g/mol. The van der Waals surface area contributed by atoms with Gasteiger partial charge in [-0.25, -0.2) is 0 Å². The van der Waals surface area contributed by atoms with Gasteiger partial charge in [-0.3, -0.25) is 19.0 Å². The van der Waals surface area contributed by atoms with Crippen LogP contribution < -0.4 is 5.32 Å². The molecule has 0 saturated heterocycles. The number of amides is 2. The fourth-order valence-corrected chi connectivity index (χ4v) is 2.44. The third kappa shape index (κ3) is 3.08. The van der Waals surface area contributed by atoms with E-state index in [1.807, 2.05) is 0 Å². The molecule has 0 fully saturated rings. The van der Waals surface area contributed by atoms with Crippen molar-refractivity contribution in [1.82, 2.24) is 4.90 Å². The zero-order chi connectivity index (χ0) is 16.5. The average Bonchev–Trinajstić information content (AvgIpc) is 2.65. The molecule has 9 nitrogen and oxygen atoms in total. The Morgan fingerprint density at radius 2 is 1.91 bits per heavy atom. The molecule has 2 amide bonds. The number of rotatable bonds is 5. The van der Waals surface area contributed by atoms with Crippen molar-refractivity contribution < 1.29 is 32.8 Å². The van der Waals surface area contributed by atoms with Crippen LogP contribution in [0.15, 0.2) is 34.9 Å². The zero-order valence-corrected chi connectivity index (χ0v) is 11.9. The Balaban J connectivity index is 2.22. The molecule has 0 saturated carbocycles. The number of carbonyl (C=O) groups is 2. The maximum atomic E-state index is 11.9. The van der Waals surface area contributed by atoms with Crippen LogP contribution in [0.4, 0.5) is 5.69 Å². The number of aliphatic hydroxyl groups excluding tert-OH is 1. The molecule has 0 radical (unpaired) electrons. The molecule has 0 bridgehead atoms. The van der Waals surface area contributed by atoms with E-state index >= 15 is 0 Å².